The third-order valence-electron chi connectivity index (χ3n) is 3.27. The van der Waals surface area contributed by atoms with Gasteiger partial charge in [-0.3, -0.25) is 0 Å². The first kappa shape index (κ1) is 22.6. The summed E-state index contributed by atoms with van der Waals surface area (Å²) in [5.41, 5.74) is -1.54. The van der Waals surface area contributed by atoms with Gasteiger partial charge < -0.3 is 18.3 Å². The summed E-state index contributed by atoms with van der Waals surface area (Å²) in [6.45, 7) is 13.5. The van der Waals surface area contributed by atoms with E-state index in [2.05, 4.69) is 13.2 Å². The monoisotopic (exact) mass is 358 g/mol. The largest absolute Gasteiger partial charge is 0.418 e. The van der Waals surface area contributed by atoms with Crippen LogP contribution < -0.4 is 0 Å². The van der Waals surface area contributed by atoms with Gasteiger partial charge in [-0.25, -0.2) is 9.59 Å². The highest BCUT2D eigenvalue weighted by atomic mass is 28.3. The van der Waals surface area contributed by atoms with Crippen molar-refractivity contribution in [2.24, 2.45) is 0 Å². The molecule has 0 aliphatic rings. The number of rotatable bonds is 14. The lowest BCUT2D eigenvalue weighted by Crippen LogP contribution is -2.55. The number of carbonyl (C=O) groups excluding carboxylic acids is 2. The van der Waals surface area contributed by atoms with E-state index in [0.717, 1.165) is 37.8 Å². The van der Waals surface area contributed by atoms with Crippen molar-refractivity contribution < 1.29 is 27.9 Å². The van der Waals surface area contributed by atoms with E-state index in [9.17, 15) is 9.59 Å². The molecule has 0 aromatic carbocycles. The predicted molar refractivity (Wildman–Crippen MR) is 94.5 cm³/mol. The van der Waals surface area contributed by atoms with Crippen LogP contribution in [0.3, 0.4) is 0 Å². The number of esters is 2. The van der Waals surface area contributed by atoms with E-state index in [1.54, 1.807) is 6.92 Å². The van der Waals surface area contributed by atoms with Crippen molar-refractivity contribution in [1.29, 1.82) is 0 Å². The molecule has 7 heteroatoms. The van der Waals surface area contributed by atoms with Gasteiger partial charge in [0.15, 0.2) is 0 Å². The number of hydrogen-bond acceptors (Lipinski definition) is 6. The molecule has 0 heterocycles. The Labute approximate surface area is 146 Å². The standard InChI is InChI=1S/C17H30O6Si/c1-6-11-13-20-24(21-14-12-7-2)17(10-5,22-15(18)8-3)23-16(19)9-4/h8-9,24H,3-4,6-7,10-14H2,1-2,5H3. The molecule has 0 aromatic heterocycles. The van der Waals surface area contributed by atoms with Gasteiger partial charge in [-0.1, -0.05) is 46.8 Å². The van der Waals surface area contributed by atoms with Gasteiger partial charge in [-0.15, -0.1) is 0 Å². The van der Waals surface area contributed by atoms with Crippen LogP contribution in [0.4, 0.5) is 0 Å². The number of ether oxygens (including phenoxy) is 2. The van der Waals surface area contributed by atoms with Gasteiger partial charge in [0.2, 0.25) is 0 Å². The first-order chi connectivity index (χ1) is 11.5. The Hall–Kier alpha value is -1.44. The lowest BCUT2D eigenvalue weighted by molar-refractivity contribution is -0.204. The molecule has 0 saturated carbocycles. The second-order valence-corrected chi connectivity index (χ2v) is 7.41. The van der Waals surface area contributed by atoms with Crippen LogP contribution in [0.2, 0.25) is 0 Å². The minimum absolute atomic E-state index is 0.224. The number of carbonyl (C=O) groups is 2. The fourth-order valence-corrected chi connectivity index (χ4v) is 3.95. The molecule has 0 unspecified atom stereocenters. The van der Waals surface area contributed by atoms with Gasteiger partial charge in [-0.05, 0) is 12.8 Å². The highest BCUT2D eigenvalue weighted by Crippen LogP contribution is 2.25. The Morgan fingerprint density at radius 3 is 1.62 bits per heavy atom. The summed E-state index contributed by atoms with van der Waals surface area (Å²) >= 11 is 0. The zero-order chi connectivity index (χ0) is 18.4. The van der Waals surface area contributed by atoms with E-state index in [1.807, 2.05) is 13.8 Å². The molecule has 0 saturated heterocycles. The predicted octanol–water partition coefficient (Wildman–Crippen LogP) is 2.94. The lowest BCUT2D eigenvalue weighted by Gasteiger charge is -2.35. The first-order valence-corrected chi connectivity index (χ1v) is 9.95. The van der Waals surface area contributed by atoms with E-state index in [0.29, 0.717) is 13.2 Å². The average Bonchev–Trinajstić information content (AvgIpc) is 2.59. The molecule has 0 rings (SSSR count). The lowest BCUT2D eigenvalue weighted by atomic mass is 10.4. The zero-order valence-corrected chi connectivity index (χ0v) is 16.2. The van der Waals surface area contributed by atoms with E-state index >= 15 is 0 Å². The third-order valence-corrected chi connectivity index (χ3v) is 5.71. The van der Waals surface area contributed by atoms with Crippen LogP contribution in [-0.2, 0) is 27.9 Å². The molecule has 138 valence electrons. The minimum Gasteiger partial charge on any atom is -0.418 e. The molecule has 0 aromatic rings. The van der Waals surface area contributed by atoms with Crippen LogP contribution in [0.1, 0.15) is 52.9 Å². The van der Waals surface area contributed by atoms with Crippen LogP contribution in [0.25, 0.3) is 0 Å². The summed E-state index contributed by atoms with van der Waals surface area (Å²) < 4.78 is 22.5. The smallest absolute Gasteiger partial charge is 0.417 e. The second kappa shape index (κ2) is 12.9. The summed E-state index contributed by atoms with van der Waals surface area (Å²) in [6.07, 6.45) is 5.85. The van der Waals surface area contributed by atoms with E-state index in [4.69, 9.17) is 18.3 Å². The van der Waals surface area contributed by atoms with Gasteiger partial charge >= 0.3 is 21.2 Å². The van der Waals surface area contributed by atoms with Crippen molar-refractivity contribution in [2.45, 2.75) is 58.3 Å². The highest BCUT2D eigenvalue weighted by molar-refractivity contribution is 6.48. The van der Waals surface area contributed by atoms with E-state index < -0.39 is 26.6 Å². The molecule has 0 aliphatic heterocycles. The van der Waals surface area contributed by atoms with Crippen molar-refractivity contribution in [3.8, 4) is 0 Å². The van der Waals surface area contributed by atoms with E-state index in [1.165, 1.54) is 0 Å². The summed E-state index contributed by atoms with van der Waals surface area (Å²) in [7, 11) is -2.67. The summed E-state index contributed by atoms with van der Waals surface area (Å²) in [5.74, 6) is -1.38. The molecular weight excluding hydrogens is 328 g/mol. The van der Waals surface area contributed by atoms with Crippen molar-refractivity contribution in [3.63, 3.8) is 0 Å². The average molecular weight is 359 g/mol. The molecular formula is C17H30O6Si. The topological polar surface area (TPSA) is 71.1 Å². The van der Waals surface area contributed by atoms with E-state index in [-0.39, 0.29) is 6.42 Å². The minimum atomic E-state index is -2.67. The Morgan fingerprint density at radius 2 is 1.33 bits per heavy atom. The molecule has 0 bridgehead atoms. The SMILES string of the molecule is C=CC(=O)OC(CC)(OC(=O)C=C)[SiH](OCCCC)OCCCC. The van der Waals surface area contributed by atoms with Crippen LogP contribution >= 0.6 is 0 Å². The van der Waals surface area contributed by atoms with Gasteiger partial charge in [0.1, 0.15) is 0 Å². The highest BCUT2D eigenvalue weighted by Gasteiger charge is 2.49. The molecule has 0 fully saturated rings. The molecule has 0 N–H and O–H groups in total. The van der Waals surface area contributed by atoms with Gasteiger partial charge in [0.25, 0.3) is 5.41 Å². The maximum absolute atomic E-state index is 11.8. The van der Waals surface area contributed by atoms with Gasteiger partial charge in [0.05, 0.1) is 0 Å². The molecule has 0 aliphatic carbocycles. The fraction of sp³-hybridized carbons (Fsp3) is 0.647. The molecule has 6 nitrogen and oxygen atoms in total. The molecule has 0 radical (unpaired) electrons. The maximum Gasteiger partial charge on any atom is 0.417 e. The first-order valence-electron chi connectivity index (χ1n) is 8.43. The van der Waals surface area contributed by atoms with Crippen LogP contribution in [0.5, 0.6) is 0 Å². The summed E-state index contributed by atoms with van der Waals surface area (Å²) in [6, 6.07) is 0. The quantitative estimate of drug-likeness (QED) is 0.156. The summed E-state index contributed by atoms with van der Waals surface area (Å²) in [4.78, 5) is 23.5. The van der Waals surface area contributed by atoms with Crippen molar-refractivity contribution in [3.05, 3.63) is 25.3 Å². The Kier molecular flexibility index (Phi) is 12.1. The Bertz CT molecular complexity index is 378. The van der Waals surface area contributed by atoms with Crippen LogP contribution in [-0.4, -0.2) is 39.8 Å². The molecule has 0 amide bonds. The van der Waals surface area contributed by atoms with Crippen molar-refractivity contribution >= 4 is 21.2 Å². The van der Waals surface area contributed by atoms with Crippen LogP contribution in [0, 0.1) is 0 Å². The third kappa shape index (κ3) is 7.90. The molecule has 0 atom stereocenters. The normalized spacial score (nSPS) is 11.2. The molecule has 0 spiro atoms. The van der Waals surface area contributed by atoms with Gasteiger partial charge in [-0.2, -0.15) is 0 Å². The Balaban J connectivity index is 5.43. The van der Waals surface area contributed by atoms with Crippen LogP contribution in [0.15, 0.2) is 25.3 Å². The Morgan fingerprint density at radius 1 is 0.917 bits per heavy atom. The van der Waals surface area contributed by atoms with Crippen molar-refractivity contribution in [1.82, 2.24) is 0 Å². The second-order valence-electron chi connectivity index (χ2n) is 5.20. The number of unbranched alkanes of at least 4 members (excludes halogenated alkanes) is 2. The zero-order valence-electron chi connectivity index (χ0n) is 15.0. The maximum atomic E-state index is 11.8. The van der Waals surface area contributed by atoms with Gasteiger partial charge in [0, 0.05) is 31.8 Å². The van der Waals surface area contributed by atoms with Crippen molar-refractivity contribution in [2.75, 3.05) is 13.2 Å². The number of hydrogen-bond donors (Lipinski definition) is 0. The molecule has 24 heavy (non-hydrogen) atoms. The summed E-state index contributed by atoms with van der Waals surface area (Å²) in [5, 5.41) is 0. The fourth-order valence-electron chi connectivity index (χ4n) is 1.82.